The number of fused-ring (bicyclic) bond motifs is 4. The maximum absolute atomic E-state index is 15.1. The summed E-state index contributed by atoms with van der Waals surface area (Å²) in [5, 5.41) is 8.78. The van der Waals surface area contributed by atoms with Gasteiger partial charge in [-0.1, -0.05) is 13.0 Å². The molecule has 4 aliphatic rings. The summed E-state index contributed by atoms with van der Waals surface area (Å²) >= 11 is 0. The number of carbonyl (C=O) groups excluding carboxylic acids is 2. The summed E-state index contributed by atoms with van der Waals surface area (Å²) in [7, 11) is 8.58. The van der Waals surface area contributed by atoms with Crippen LogP contribution in [0.15, 0.2) is 61.3 Å². The highest BCUT2D eigenvalue weighted by atomic mass is 16.5. The van der Waals surface area contributed by atoms with E-state index in [0.29, 0.717) is 101 Å². The molecule has 1 spiro atoms. The molecule has 3 aliphatic heterocycles. The molecule has 4 atom stereocenters. The number of anilines is 1. The summed E-state index contributed by atoms with van der Waals surface area (Å²) < 4.78 is 25.5. The Balaban J connectivity index is 1.07. The minimum absolute atomic E-state index is 0.110. The SMILES string of the molecule is CCN1CCc2cc(OC)c(OC)cc2C1C1CC(C(=O)N2CCN(c3ncnc4c3cnn4Cc3cccnc3)CC2)CCC12c1cc(OC)c(OC)cc1CCN2C(=O)CCNC. The first kappa shape index (κ1) is 44.2. The third kappa shape index (κ3) is 7.98. The van der Waals surface area contributed by atoms with Gasteiger partial charge in [0.15, 0.2) is 28.6 Å². The topological polar surface area (TPSA) is 153 Å². The van der Waals surface area contributed by atoms with Crippen molar-refractivity contribution >= 4 is 28.7 Å². The fourth-order valence-corrected chi connectivity index (χ4v) is 11.5. The molecule has 4 unspecified atom stereocenters. The van der Waals surface area contributed by atoms with Crippen LogP contribution in [0.2, 0.25) is 0 Å². The van der Waals surface area contributed by atoms with Gasteiger partial charge < -0.3 is 39.0 Å². The van der Waals surface area contributed by atoms with Crippen molar-refractivity contribution in [3.8, 4) is 23.0 Å². The number of hydrogen-bond acceptors (Lipinski definition) is 13. The van der Waals surface area contributed by atoms with E-state index in [4.69, 9.17) is 23.9 Å². The minimum Gasteiger partial charge on any atom is -0.493 e. The zero-order chi connectivity index (χ0) is 45.2. The summed E-state index contributed by atoms with van der Waals surface area (Å²) in [6.45, 7) is 7.95. The normalized spacial score (nSPS) is 22.1. The van der Waals surface area contributed by atoms with Gasteiger partial charge >= 0.3 is 0 Å². The number of likely N-dealkylation sites (N-methyl/N-ethyl adjacent to an activating group) is 1. The Hall–Kier alpha value is -6.00. The van der Waals surface area contributed by atoms with E-state index in [-0.39, 0.29) is 29.7 Å². The smallest absolute Gasteiger partial charge is 0.225 e. The summed E-state index contributed by atoms with van der Waals surface area (Å²) in [6.07, 6.45) is 10.8. The van der Waals surface area contributed by atoms with Gasteiger partial charge in [0.2, 0.25) is 11.8 Å². The van der Waals surface area contributed by atoms with Gasteiger partial charge in [0, 0.05) is 82.5 Å². The first-order valence-electron chi connectivity index (χ1n) is 23.0. The lowest BCUT2D eigenvalue weighted by atomic mass is 9.58. The molecule has 0 radical (unpaired) electrons. The molecule has 344 valence electrons. The molecule has 1 saturated carbocycles. The minimum atomic E-state index is -0.743. The van der Waals surface area contributed by atoms with Crippen molar-refractivity contribution in [2.24, 2.45) is 11.8 Å². The molecule has 6 heterocycles. The van der Waals surface area contributed by atoms with Crippen molar-refractivity contribution in [3.63, 3.8) is 0 Å². The Labute approximate surface area is 381 Å². The lowest BCUT2D eigenvalue weighted by molar-refractivity contribution is -0.153. The van der Waals surface area contributed by atoms with E-state index in [1.807, 2.05) is 36.3 Å². The third-order valence-electron chi connectivity index (χ3n) is 14.6. The quantitative estimate of drug-likeness (QED) is 0.171. The zero-order valence-corrected chi connectivity index (χ0v) is 38.6. The molecule has 9 rings (SSSR count). The highest BCUT2D eigenvalue weighted by molar-refractivity contribution is 5.87. The summed E-state index contributed by atoms with van der Waals surface area (Å²) in [5.74, 6) is 3.36. The third-order valence-corrected chi connectivity index (χ3v) is 14.6. The molecule has 1 saturated heterocycles. The van der Waals surface area contributed by atoms with Crippen LogP contribution in [0.25, 0.3) is 11.0 Å². The number of methoxy groups -OCH3 is 4. The number of aromatic nitrogens is 5. The average molecular weight is 887 g/mol. The number of nitrogens with one attached hydrogen (secondary N) is 1. The Kier molecular flexibility index (Phi) is 12.8. The Morgan fingerprint density at radius 3 is 2.29 bits per heavy atom. The molecule has 3 aromatic heterocycles. The molecule has 16 nitrogen and oxygen atoms in total. The first-order chi connectivity index (χ1) is 31.8. The number of benzene rings is 2. The van der Waals surface area contributed by atoms with E-state index in [9.17, 15) is 4.79 Å². The number of carbonyl (C=O) groups is 2. The van der Waals surface area contributed by atoms with Crippen LogP contribution in [-0.2, 0) is 34.5 Å². The molecular formula is C49H62N10O6. The van der Waals surface area contributed by atoms with E-state index < -0.39 is 5.54 Å². The maximum atomic E-state index is 15.1. The van der Waals surface area contributed by atoms with Crippen molar-refractivity contribution in [1.29, 1.82) is 0 Å². The van der Waals surface area contributed by atoms with Crippen molar-refractivity contribution < 1.29 is 28.5 Å². The van der Waals surface area contributed by atoms with Gasteiger partial charge in [-0.15, -0.1) is 0 Å². The lowest BCUT2D eigenvalue weighted by Gasteiger charge is -2.59. The highest BCUT2D eigenvalue weighted by Crippen LogP contribution is 2.59. The van der Waals surface area contributed by atoms with Gasteiger partial charge in [0.1, 0.15) is 12.1 Å². The van der Waals surface area contributed by atoms with Crippen molar-refractivity contribution in [2.75, 3.05) is 92.7 Å². The summed E-state index contributed by atoms with van der Waals surface area (Å²) in [5.41, 5.74) is 5.67. The fraction of sp³-hybridized carbons (Fsp3) is 0.510. The maximum Gasteiger partial charge on any atom is 0.225 e. The van der Waals surface area contributed by atoms with E-state index in [1.165, 1.54) is 5.56 Å². The number of rotatable bonds is 13. The standard InChI is InChI=1S/C49H62N10O6/c1-7-55-17-12-33-24-40(62-3)42(64-5)26-36(33)45(55)39-23-35(10-14-49(39)38-27-43(65-6)41(63-4)25-34(38)13-18-58(49)44(60)11-16-50-2)48(61)57-21-19-56(20-22-57)46-37-29-54-59(47(37)53-31-52-46)30-32-9-8-15-51-28-32/h8-9,15,24-29,31,35,39,45,50H,7,10-14,16-23,30H2,1-6H3. The second-order valence-electron chi connectivity index (χ2n) is 17.7. The first-order valence-corrected chi connectivity index (χ1v) is 23.0. The van der Waals surface area contributed by atoms with Crippen molar-refractivity contribution in [3.05, 3.63) is 89.1 Å². The van der Waals surface area contributed by atoms with Crippen molar-refractivity contribution in [2.45, 2.75) is 63.6 Å². The number of hydrogen-bond donors (Lipinski definition) is 1. The predicted molar refractivity (Wildman–Crippen MR) is 247 cm³/mol. The van der Waals surface area contributed by atoms with Crippen molar-refractivity contribution in [1.82, 2.24) is 44.7 Å². The Morgan fingerprint density at radius 1 is 0.862 bits per heavy atom. The summed E-state index contributed by atoms with van der Waals surface area (Å²) in [6, 6.07) is 12.3. The molecule has 2 amide bonds. The molecule has 1 N–H and O–H groups in total. The average Bonchev–Trinajstić information content (AvgIpc) is 3.77. The number of amides is 2. The monoisotopic (exact) mass is 886 g/mol. The number of ether oxygens (including phenoxy) is 4. The van der Waals surface area contributed by atoms with Crippen LogP contribution in [-0.4, -0.2) is 139 Å². The van der Waals surface area contributed by atoms with Crippen LogP contribution in [0.1, 0.15) is 66.5 Å². The molecule has 2 fully saturated rings. The van der Waals surface area contributed by atoms with Gasteiger partial charge in [0.25, 0.3) is 0 Å². The molecule has 65 heavy (non-hydrogen) atoms. The lowest BCUT2D eigenvalue weighted by Crippen LogP contribution is -2.63. The number of piperazine rings is 1. The van der Waals surface area contributed by atoms with E-state index in [2.05, 4.69) is 71.2 Å². The van der Waals surface area contributed by atoms with Crippen LogP contribution in [0.5, 0.6) is 23.0 Å². The highest BCUT2D eigenvalue weighted by Gasteiger charge is 2.58. The van der Waals surface area contributed by atoms with Crippen LogP contribution >= 0.6 is 0 Å². The van der Waals surface area contributed by atoms with Crippen LogP contribution < -0.4 is 29.2 Å². The number of pyridine rings is 1. The van der Waals surface area contributed by atoms with E-state index >= 15 is 4.79 Å². The zero-order valence-electron chi connectivity index (χ0n) is 38.6. The van der Waals surface area contributed by atoms with E-state index in [0.717, 1.165) is 58.6 Å². The van der Waals surface area contributed by atoms with Gasteiger partial charge in [-0.05, 0) is 104 Å². The summed E-state index contributed by atoms with van der Waals surface area (Å²) in [4.78, 5) is 52.6. The molecular weight excluding hydrogens is 825 g/mol. The molecule has 2 aromatic carbocycles. The second kappa shape index (κ2) is 18.8. The van der Waals surface area contributed by atoms with E-state index in [1.54, 1.807) is 41.0 Å². The van der Waals surface area contributed by atoms with Gasteiger partial charge in [-0.25, -0.2) is 14.6 Å². The Morgan fingerprint density at radius 2 is 1.58 bits per heavy atom. The molecule has 0 bridgehead atoms. The van der Waals surface area contributed by atoms with Gasteiger partial charge in [-0.3, -0.25) is 19.5 Å². The van der Waals surface area contributed by atoms with Crippen LogP contribution in [0, 0.1) is 11.8 Å². The Bertz CT molecular complexity index is 2510. The predicted octanol–water partition coefficient (Wildman–Crippen LogP) is 4.88. The largest absolute Gasteiger partial charge is 0.493 e. The molecule has 16 heteroatoms. The van der Waals surface area contributed by atoms with Gasteiger partial charge in [0.05, 0.1) is 52.1 Å². The fourth-order valence-electron chi connectivity index (χ4n) is 11.5. The second-order valence-corrected chi connectivity index (χ2v) is 17.7. The van der Waals surface area contributed by atoms with Crippen LogP contribution in [0.4, 0.5) is 5.82 Å². The van der Waals surface area contributed by atoms with Crippen LogP contribution in [0.3, 0.4) is 0 Å². The molecule has 5 aromatic rings. The van der Waals surface area contributed by atoms with Gasteiger partial charge in [-0.2, -0.15) is 5.10 Å². The number of nitrogens with zero attached hydrogens (tertiary/aromatic N) is 9. The molecule has 1 aliphatic carbocycles.